The van der Waals surface area contributed by atoms with Crippen LogP contribution in [0.1, 0.15) is 31.4 Å². The Balaban J connectivity index is 1.38. The zero-order valence-corrected chi connectivity index (χ0v) is 17.9. The highest BCUT2D eigenvalue weighted by Gasteiger charge is 2.51. The van der Waals surface area contributed by atoms with Crippen LogP contribution in [-0.4, -0.2) is 65.7 Å². The Hall–Kier alpha value is -3.13. The number of pyridine rings is 1. The highest BCUT2D eigenvalue weighted by Crippen LogP contribution is 2.40. The molecule has 0 saturated carbocycles. The number of rotatable bonds is 6. The van der Waals surface area contributed by atoms with Crippen LogP contribution in [0.3, 0.4) is 0 Å². The van der Waals surface area contributed by atoms with Crippen molar-refractivity contribution in [3.05, 3.63) is 54.4 Å². The summed E-state index contributed by atoms with van der Waals surface area (Å²) in [5, 5.41) is 2.95. The van der Waals surface area contributed by atoms with Crippen LogP contribution in [0.25, 0.3) is 0 Å². The van der Waals surface area contributed by atoms with Gasteiger partial charge in [-0.1, -0.05) is 12.1 Å². The van der Waals surface area contributed by atoms with Crippen molar-refractivity contribution in [2.45, 2.75) is 38.0 Å². The first-order chi connectivity index (χ1) is 15.1. The standard InChI is InChI=1S/C23H28N4O4/c1-3-31-19-7-5-4-6-18(19)25-23(29)26-14-10-17(11-15-26)27-20(21(30-2)22(27)28)16-8-12-24-13-9-16/h4-9,12-13,17,20-21H,3,10-11,14-15H2,1-2H3,(H,25,29)/t20-,21+/m1/s1. The number of likely N-dealkylation sites (tertiary alicyclic amines) is 2. The van der Waals surface area contributed by atoms with E-state index in [-0.39, 0.29) is 24.0 Å². The quantitative estimate of drug-likeness (QED) is 0.721. The first kappa shape index (κ1) is 21.1. The second-order valence-electron chi connectivity index (χ2n) is 7.70. The maximum atomic E-state index is 12.8. The lowest BCUT2D eigenvalue weighted by Gasteiger charge is -2.52. The molecule has 4 rings (SSSR count). The molecular weight excluding hydrogens is 396 g/mol. The smallest absolute Gasteiger partial charge is 0.321 e. The molecule has 3 heterocycles. The molecule has 2 aliphatic rings. The van der Waals surface area contributed by atoms with Gasteiger partial charge in [0.15, 0.2) is 6.10 Å². The Morgan fingerprint density at radius 3 is 2.55 bits per heavy atom. The molecule has 1 aromatic carbocycles. The highest BCUT2D eigenvalue weighted by molar-refractivity contribution is 5.91. The lowest BCUT2D eigenvalue weighted by atomic mass is 9.86. The molecule has 8 heteroatoms. The van der Waals surface area contributed by atoms with Crippen molar-refractivity contribution in [2.24, 2.45) is 0 Å². The molecule has 0 radical (unpaired) electrons. The molecule has 2 aromatic rings. The number of carbonyl (C=O) groups is 2. The van der Waals surface area contributed by atoms with Crippen molar-refractivity contribution < 1.29 is 19.1 Å². The number of benzene rings is 1. The van der Waals surface area contributed by atoms with Crippen LogP contribution in [-0.2, 0) is 9.53 Å². The van der Waals surface area contributed by atoms with Crippen molar-refractivity contribution in [1.29, 1.82) is 0 Å². The van der Waals surface area contributed by atoms with Crippen LogP contribution in [0.5, 0.6) is 5.75 Å². The summed E-state index contributed by atoms with van der Waals surface area (Å²) in [5.74, 6) is 0.670. The van der Waals surface area contributed by atoms with Crippen LogP contribution in [0.2, 0.25) is 0 Å². The van der Waals surface area contributed by atoms with Crippen LogP contribution in [0.15, 0.2) is 48.8 Å². The molecule has 2 fully saturated rings. The number of urea groups is 1. The van der Waals surface area contributed by atoms with Crippen molar-refractivity contribution in [3.8, 4) is 5.75 Å². The minimum Gasteiger partial charge on any atom is -0.492 e. The Bertz CT molecular complexity index is 915. The fourth-order valence-corrected chi connectivity index (χ4v) is 4.41. The van der Waals surface area contributed by atoms with Gasteiger partial charge in [-0.05, 0) is 49.6 Å². The summed E-state index contributed by atoms with van der Waals surface area (Å²) in [6, 6.07) is 11.1. The van der Waals surface area contributed by atoms with E-state index in [1.165, 1.54) is 0 Å². The molecule has 0 bridgehead atoms. The van der Waals surface area contributed by atoms with Crippen molar-refractivity contribution >= 4 is 17.6 Å². The predicted octanol–water partition coefficient (Wildman–Crippen LogP) is 3.08. The van der Waals surface area contributed by atoms with E-state index < -0.39 is 6.10 Å². The summed E-state index contributed by atoms with van der Waals surface area (Å²) >= 11 is 0. The Morgan fingerprint density at radius 2 is 1.87 bits per heavy atom. The van der Waals surface area contributed by atoms with E-state index in [2.05, 4.69) is 10.3 Å². The lowest BCUT2D eigenvalue weighted by molar-refractivity contribution is -0.178. The van der Waals surface area contributed by atoms with Crippen LogP contribution < -0.4 is 10.1 Å². The van der Waals surface area contributed by atoms with Crippen molar-refractivity contribution in [2.75, 3.05) is 32.1 Å². The predicted molar refractivity (Wildman–Crippen MR) is 116 cm³/mol. The van der Waals surface area contributed by atoms with Gasteiger partial charge in [0.05, 0.1) is 18.3 Å². The molecule has 2 aliphatic heterocycles. The fraction of sp³-hybridized carbons (Fsp3) is 0.435. The molecule has 164 valence electrons. The second-order valence-corrected chi connectivity index (χ2v) is 7.70. The average molecular weight is 425 g/mol. The van der Waals surface area contributed by atoms with Gasteiger partial charge in [0, 0.05) is 38.6 Å². The molecule has 0 spiro atoms. The molecule has 8 nitrogen and oxygen atoms in total. The monoisotopic (exact) mass is 424 g/mol. The van der Waals surface area contributed by atoms with E-state index in [1.54, 1.807) is 24.4 Å². The SMILES string of the molecule is CCOc1ccccc1NC(=O)N1CCC(N2C(=O)[C@@H](OC)[C@H]2c2ccncc2)CC1. The first-order valence-electron chi connectivity index (χ1n) is 10.7. The van der Waals surface area contributed by atoms with Gasteiger partial charge in [-0.15, -0.1) is 0 Å². The van der Waals surface area contributed by atoms with Gasteiger partial charge in [0.1, 0.15) is 5.75 Å². The third-order valence-corrected chi connectivity index (χ3v) is 5.96. The number of piperidine rings is 1. The number of anilines is 1. The average Bonchev–Trinajstić information content (AvgIpc) is 2.80. The van der Waals surface area contributed by atoms with Gasteiger partial charge < -0.3 is 24.6 Å². The van der Waals surface area contributed by atoms with Crippen molar-refractivity contribution in [1.82, 2.24) is 14.8 Å². The molecule has 31 heavy (non-hydrogen) atoms. The molecule has 1 aromatic heterocycles. The number of nitrogens with zero attached hydrogens (tertiary/aromatic N) is 3. The molecule has 0 unspecified atom stereocenters. The molecule has 0 aliphatic carbocycles. The number of β-lactam (4-membered cyclic amide) rings is 1. The zero-order chi connectivity index (χ0) is 21.8. The van der Waals surface area contributed by atoms with E-state index in [4.69, 9.17) is 9.47 Å². The molecule has 2 atom stereocenters. The number of para-hydroxylation sites is 2. The van der Waals surface area contributed by atoms with E-state index in [1.807, 2.05) is 48.2 Å². The van der Waals surface area contributed by atoms with Crippen LogP contribution in [0.4, 0.5) is 10.5 Å². The summed E-state index contributed by atoms with van der Waals surface area (Å²) in [4.78, 5) is 33.3. The summed E-state index contributed by atoms with van der Waals surface area (Å²) in [6.45, 7) is 3.60. The zero-order valence-electron chi connectivity index (χ0n) is 17.9. The number of hydrogen-bond donors (Lipinski definition) is 1. The minimum atomic E-state index is -0.459. The third-order valence-electron chi connectivity index (χ3n) is 5.96. The third kappa shape index (κ3) is 4.20. The minimum absolute atomic E-state index is 0.0119. The van der Waals surface area contributed by atoms with Crippen LogP contribution in [0, 0.1) is 0 Å². The van der Waals surface area contributed by atoms with Gasteiger partial charge in [0.2, 0.25) is 0 Å². The van der Waals surface area contributed by atoms with Crippen molar-refractivity contribution in [3.63, 3.8) is 0 Å². The van der Waals surface area contributed by atoms with Gasteiger partial charge in [-0.25, -0.2) is 4.79 Å². The fourth-order valence-electron chi connectivity index (χ4n) is 4.41. The van der Waals surface area contributed by atoms with E-state index in [9.17, 15) is 9.59 Å². The highest BCUT2D eigenvalue weighted by atomic mass is 16.5. The van der Waals surface area contributed by atoms with E-state index >= 15 is 0 Å². The summed E-state index contributed by atoms with van der Waals surface area (Å²) in [7, 11) is 1.57. The summed E-state index contributed by atoms with van der Waals surface area (Å²) < 4.78 is 11.0. The van der Waals surface area contributed by atoms with E-state index in [0.717, 1.165) is 18.4 Å². The number of hydrogen-bond acceptors (Lipinski definition) is 5. The topological polar surface area (TPSA) is 84.0 Å². The molecule has 2 saturated heterocycles. The van der Waals surface area contributed by atoms with Gasteiger partial charge in [0.25, 0.3) is 5.91 Å². The summed E-state index contributed by atoms with van der Waals surface area (Å²) in [5.41, 5.74) is 1.68. The largest absolute Gasteiger partial charge is 0.492 e. The normalized spacial score (nSPS) is 21.5. The molecular formula is C23H28N4O4. The number of carbonyl (C=O) groups excluding carboxylic acids is 2. The Morgan fingerprint density at radius 1 is 1.16 bits per heavy atom. The number of aromatic nitrogens is 1. The summed E-state index contributed by atoms with van der Waals surface area (Å²) in [6.07, 6.45) is 4.46. The Labute approximate surface area is 182 Å². The van der Waals surface area contributed by atoms with E-state index in [0.29, 0.717) is 31.1 Å². The maximum Gasteiger partial charge on any atom is 0.321 e. The van der Waals surface area contributed by atoms with Gasteiger partial charge >= 0.3 is 6.03 Å². The van der Waals surface area contributed by atoms with Gasteiger partial charge in [-0.2, -0.15) is 0 Å². The number of methoxy groups -OCH3 is 1. The maximum absolute atomic E-state index is 12.8. The van der Waals surface area contributed by atoms with Crippen LogP contribution >= 0.6 is 0 Å². The first-order valence-corrected chi connectivity index (χ1v) is 10.7. The number of nitrogens with one attached hydrogen (secondary N) is 1. The molecule has 3 amide bonds. The lowest BCUT2D eigenvalue weighted by Crippen LogP contribution is -2.64. The van der Waals surface area contributed by atoms with Gasteiger partial charge in [-0.3, -0.25) is 9.78 Å². The number of amides is 3. The molecule has 1 N–H and O–H groups in total. The Kier molecular flexibility index (Phi) is 6.36. The second kappa shape index (κ2) is 9.34. The number of ether oxygens (including phenoxy) is 2.